The zero-order valence-electron chi connectivity index (χ0n) is 11.9. The molecule has 0 saturated heterocycles. The molecule has 0 radical (unpaired) electrons. The highest BCUT2D eigenvalue weighted by Gasteiger charge is 2.10. The second kappa shape index (κ2) is 8.67. The van der Waals surface area contributed by atoms with Crippen molar-refractivity contribution in [2.24, 2.45) is 5.92 Å². The maximum atomic E-state index is 13.7. The molecule has 0 amide bonds. The van der Waals surface area contributed by atoms with Gasteiger partial charge in [0.2, 0.25) is 0 Å². The molecule has 0 aromatic heterocycles. The molecule has 0 saturated carbocycles. The van der Waals surface area contributed by atoms with E-state index < -0.39 is 0 Å². The molecule has 1 aromatic carbocycles. The van der Waals surface area contributed by atoms with Crippen molar-refractivity contribution < 1.29 is 9.13 Å². The molecule has 108 valence electrons. The smallest absolute Gasteiger partial charge is 0.129 e. The van der Waals surface area contributed by atoms with Gasteiger partial charge in [0.1, 0.15) is 5.82 Å². The lowest BCUT2D eigenvalue weighted by molar-refractivity contribution is 0.107. The quantitative estimate of drug-likeness (QED) is 0.717. The highest BCUT2D eigenvalue weighted by Crippen LogP contribution is 2.20. The number of rotatable bonds is 8. The molecule has 0 aliphatic carbocycles. The zero-order chi connectivity index (χ0) is 14.3. The fourth-order valence-corrected chi connectivity index (χ4v) is 2.11. The van der Waals surface area contributed by atoms with E-state index in [4.69, 9.17) is 4.74 Å². The van der Waals surface area contributed by atoms with E-state index in [9.17, 15) is 4.39 Å². The van der Waals surface area contributed by atoms with Crippen molar-refractivity contribution in [1.82, 2.24) is 5.32 Å². The number of nitrogens with one attached hydrogen (secondary N) is 1. The molecule has 1 N–H and O–H groups in total. The van der Waals surface area contributed by atoms with Crippen LogP contribution >= 0.6 is 15.9 Å². The van der Waals surface area contributed by atoms with Gasteiger partial charge in [-0.2, -0.15) is 0 Å². The first-order valence-electron chi connectivity index (χ1n) is 6.76. The summed E-state index contributed by atoms with van der Waals surface area (Å²) in [6, 6.07) is 5.19. The fourth-order valence-electron chi connectivity index (χ4n) is 1.77. The predicted octanol–water partition coefficient (Wildman–Crippen LogP) is 4.30. The van der Waals surface area contributed by atoms with Crippen LogP contribution in [0.3, 0.4) is 0 Å². The number of ether oxygens (including phenoxy) is 1. The minimum absolute atomic E-state index is 0.0122. The first-order valence-corrected chi connectivity index (χ1v) is 7.56. The molecule has 0 heterocycles. The summed E-state index contributed by atoms with van der Waals surface area (Å²) in [7, 11) is 0. The minimum atomic E-state index is -0.176. The third kappa shape index (κ3) is 6.50. The first-order chi connectivity index (χ1) is 9.00. The lowest BCUT2D eigenvalue weighted by Crippen LogP contribution is -2.22. The Morgan fingerprint density at radius 3 is 2.68 bits per heavy atom. The van der Waals surface area contributed by atoms with Crippen molar-refractivity contribution in [3.8, 4) is 0 Å². The summed E-state index contributed by atoms with van der Waals surface area (Å²) in [5.41, 5.74) is 0.700. The molecule has 0 spiro atoms. The van der Waals surface area contributed by atoms with Crippen LogP contribution in [-0.4, -0.2) is 19.8 Å². The van der Waals surface area contributed by atoms with Gasteiger partial charge in [0.25, 0.3) is 0 Å². The van der Waals surface area contributed by atoms with Gasteiger partial charge < -0.3 is 10.1 Å². The van der Waals surface area contributed by atoms with Crippen LogP contribution in [0.5, 0.6) is 0 Å². The minimum Gasteiger partial charge on any atom is -0.381 e. The summed E-state index contributed by atoms with van der Waals surface area (Å²) < 4.78 is 20.0. The van der Waals surface area contributed by atoms with E-state index in [1.807, 2.05) is 19.1 Å². The van der Waals surface area contributed by atoms with Gasteiger partial charge in [-0.15, -0.1) is 0 Å². The third-order valence-corrected chi connectivity index (χ3v) is 3.29. The van der Waals surface area contributed by atoms with Crippen molar-refractivity contribution >= 4 is 15.9 Å². The van der Waals surface area contributed by atoms with Gasteiger partial charge in [-0.25, -0.2) is 4.39 Å². The first kappa shape index (κ1) is 16.6. The van der Waals surface area contributed by atoms with Crippen LogP contribution in [-0.2, 0) is 4.74 Å². The second-order valence-corrected chi connectivity index (χ2v) is 6.08. The average Bonchev–Trinajstić information content (AvgIpc) is 2.32. The molecule has 1 rings (SSSR count). The maximum absolute atomic E-state index is 13.7. The van der Waals surface area contributed by atoms with Gasteiger partial charge in [-0.05, 0) is 37.9 Å². The summed E-state index contributed by atoms with van der Waals surface area (Å²) in [4.78, 5) is 0. The van der Waals surface area contributed by atoms with Crippen molar-refractivity contribution in [1.29, 1.82) is 0 Å². The number of hydrogen-bond donors (Lipinski definition) is 1. The van der Waals surface area contributed by atoms with E-state index in [1.165, 1.54) is 6.07 Å². The summed E-state index contributed by atoms with van der Waals surface area (Å²) >= 11 is 3.26. The predicted molar refractivity (Wildman–Crippen MR) is 80.8 cm³/mol. The second-order valence-electron chi connectivity index (χ2n) is 5.16. The Morgan fingerprint density at radius 2 is 2.05 bits per heavy atom. The van der Waals surface area contributed by atoms with Crippen LogP contribution < -0.4 is 5.32 Å². The van der Waals surface area contributed by atoms with Crippen molar-refractivity contribution in [3.05, 3.63) is 34.1 Å². The van der Waals surface area contributed by atoms with Crippen molar-refractivity contribution in [2.75, 3.05) is 19.8 Å². The Morgan fingerprint density at radius 1 is 1.32 bits per heavy atom. The maximum Gasteiger partial charge on any atom is 0.129 e. The van der Waals surface area contributed by atoms with E-state index in [0.717, 1.165) is 30.7 Å². The molecule has 0 aliphatic rings. The summed E-state index contributed by atoms with van der Waals surface area (Å²) in [5.74, 6) is 0.397. The monoisotopic (exact) mass is 331 g/mol. The van der Waals surface area contributed by atoms with Gasteiger partial charge in [-0.1, -0.05) is 35.8 Å². The normalized spacial score (nSPS) is 12.9. The Labute approximate surface area is 123 Å². The SMILES string of the molecule is CC(C)COCCCNC(C)c1ccc(Br)cc1F. The molecular formula is C15H23BrFNO. The van der Waals surface area contributed by atoms with E-state index in [0.29, 0.717) is 11.5 Å². The molecule has 1 unspecified atom stereocenters. The van der Waals surface area contributed by atoms with Gasteiger partial charge in [0.15, 0.2) is 0 Å². The lowest BCUT2D eigenvalue weighted by atomic mass is 10.1. The Balaban J connectivity index is 2.25. The summed E-state index contributed by atoms with van der Waals surface area (Å²) in [5, 5.41) is 3.31. The van der Waals surface area contributed by atoms with Crippen LogP contribution in [0.2, 0.25) is 0 Å². The van der Waals surface area contributed by atoms with Crippen LogP contribution in [0, 0.1) is 11.7 Å². The van der Waals surface area contributed by atoms with E-state index >= 15 is 0 Å². The van der Waals surface area contributed by atoms with Gasteiger partial charge in [-0.3, -0.25) is 0 Å². The highest BCUT2D eigenvalue weighted by atomic mass is 79.9. The molecular weight excluding hydrogens is 309 g/mol. The molecule has 1 aromatic rings. The lowest BCUT2D eigenvalue weighted by Gasteiger charge is -2.15. The average molecular weight is 332 g/mol. The highest BCUT2D eigenvalue weighted by molar-refractivity contribution is 9.10. The number of halogens is 2. The third-order valence-electron chi connectivity index (χ3n) is 2.80. The molecule has 0 aliphatic heterocycles. The van der Waals surface area contributed by atoms with E-state index in [1.54, 1.807) is 0 Å². The molecule has 0 fully saturated rings. The molecule has 2 nitrogen and oxygen atoms in total. The van der Waals surface area contributed by atoms with Crippen LogP contribution in [0.4, 0.5) is 4.39 Å². The zero-order valence-corrected chi connectivity index (χ0v) is 13.5. The van der Waals surface area contributed by atoms with Gasteiger partial charge in [0, 0.05) is 29.3 Å². The van der Waals surface area contributed by atoms with Crippen LogP contribution in [0.25, 0.3) is 0 Å². The van der Waals surface area contributed by atoms with Crippen LogP contribution in [0.15, 0.2) is 22.7 Å². The van der Waals surface area contributed by atoms with Crippen molar-refractivity contribution in [2.45, 2.75) is 33.2 Å². The largest absolute Gasteiger partial charge is 0.381 e. The Bertz CT molecular complexity index is 384. The van der Waals surface area contributed by atoms with E-state index in [2.05, 4.69) is 35.1 Å². The van der Waals surface area contributed by atoms with Crippen LogP contribution in [0.1, 0.15) is 38.8 Å². The number of hydrogen-bond acceptors (Lipinski definition) is 2. The molecule has 19 heavy (non-hydrogen) atoms. The molecule has 1 atom stereocenters. The van der Waals surface area contributed by atoms with Crippen molar-refractivity contribution in [3.63, 3.8) is 0 Å². The summed E-state index contributed by atoms with van der Waals surface area (Å²) in [6.45, 7) is 8.63. The molecule has 0 bridgehead atoms. The standard InChI is InChI=1S/C15H23BrFNO/c1-11(2)10-19-8-4-7-18-12(3)14-6-5-13(16)9-15(14)17/h5-6,9,11-12,18H,4,7-8,10H2,1-3H3. The Kier molecular flexibility index (Phi) is 7.57. The summed E-state index contributed by atoms with van der Waals surface area (Å²) in [6.07, 6.45) is 0.940. The van der Waals surface area contributed by atoms with E-state index in [-0.39, 0.29) is 11.9 Å². The van der Waals surface area contributed by atoms with Gasteiger partial charge in [0.05, 0.1) is 0 Å². The topological polar surface area (TPSA) is 21.3 Å². The molecule has 4 heteroatoms. The fraction of sp³-hybridized carbons (Fsp3) is 0.600. The van der Waals surface area contributed by atoms with Gasteiger partial charge >= 0.3 is 0 Å². The Hall–Kier alpha value is -0.450. The number of benzene rings is 1.